The summed E-state index contributed by atoms with van der Waals surface area (Å²) in [6.45, 7) is 0.593. The van der Waals surface area contributed by atoms with Gasteiger partial charge in [-0.15, -0.1) is 0 Å². The molecule has 3 aromatic rings. The number of hydrogen-bond acceptors (Lipinski definition) is 7. The Balaban J connectivity index is 1.40. The van der Waals surface area contributed by atoms with E-state index in [2.05, 4.69) is 15.6 Å². The lowest BCUT2D eigenvalue weighted by molar-refractivity contribution is -0.119. The first-order valence-corrected chi connectivity index (χ1v) is 14.5. The Morgan fingerprint density at radius 1 is 1.00 bits per heavy atom. The molecular formula is C32H36F4N4O4. The number of morpholine rings is 1. The molecule has 4 rings (SSSR count). The van der Waals surface area contributed by atoms with Gasteiger partial charge in [0.2, 0.25) is 0 Å². The minimum absolute atomic E-state index is 0.00447. The van der Waals surface area contributed by atoms with E-state index in [1.54, 1.807) is 0 Å². The van der Waals surface area contributed by atoms with Crippen LogP contribution in [0.3, 0.4) is 0 Å². The van der Waals surface area contributed by atoms with Gasteiger partial charge in [-0.25, -0.2) is 18.0 Å². The molecule has 4 N–H and O–H groups in total. The minimum atomic E-state index is -1.09. The van der Waals surface area contributed by atoms with Crippen LogP contribution in [0.5, 0.6) is 0 Å². The first kappa shape index (κ1) is 33.0. The molecule has 0 saturated carbocycles. The van der Waals surface area contributed by atoms with Gasteiger partial charge in [0.25, 0.3) is 0 Å². The standard InChI is InChI=1S/C32H36F4N4O4/c33-12-1-13-40-32(42)43-19-26-17-39-16-25(44-26)10-11-27-22(15-38-18-28(27)36)14-29(41)31(37)30(20-2-6-23(34)7-3-20)21-4-8-24(35)9-5-21/h2-9,15,18,25-26,30-31,39H,1,10-14,16-17,19,37H2,(H,40,42)/t25-,26+,31?/m1/s1. The van der Waals surface area contributed by atoms with Crippen LogP contribution >= 0.6 is 0 Å². The van der Waals surface area contributed by atoms with Crippen molar-refractivity contribution in [2.75, 3.05) is 32.9 Å². The van der Waals surface area contributed by atoms with Gasteiger partial charge in [0, 0.05) is 38.2 Å². The molecule has 0 radical (unpaired) electrons. The molecule has 0 aliphatic carbocycles. The van der Waals surface area contributed by atoms with Crippen LogP contribution in [-0.4, -0.2) is 68.0 Å². The number of alkyl carbamates (subject to hydrolysis) is 1. The van der Waals surface area contributed by atoms with Crippen molar-refractivity contribution in [1.82, 2.24) is 15.6 Å². The first-order valence-electron chi connectivity index (χ1n) is 14.5. The summed E-state index contributed by atoms with van der Waals surface area (Å²) in [5.74, 6) is -2.55. The quantitative estimate of drug-likeness (QED) is 0.184. The van der Waals surface area contributed by atoms with Gasteiger partial charge < -0.3 is 25.8 Å². The average Bonchev–Trinajstić information content (AvgIpc) is 3.02. The monoisotopic (exact) mass is 616 g/mol. The second-order valence-electron chi connectivity index (χ2n) is 10.7. The number of alkyl halides is 1. The van der Waals surface area contributed by atoms with E-state index in [9.17, 15) is 22.8 Å². The van der Waals surface area contributed by atoms with E-state index in [4.69, 9.17) is 15.2 Å². The van der Waals surface area contributed by atoms with Crippen molar-refractivity contribution in [3.8, 4) is 0 Å². The number of carbonyl (C=O) groups excluding carboxylic acids is 2. The fourth-order valence-corrected chi connectivity index (χ4v) is 5.20. The van der Waals surface area contributed by atoms with Gasteiger partial charge in [0.1, 0.15) is 30.2 Å². The minimum Gasteiger partial charge on any atom is -0.447 e. The number of ether oxygens (including phenoxy) is 2. The highest BCUT2D eigenvalue weighted by molar-refractivity contribution is 5.87. The second-order valence-corrected chi connectivity index (χ2v) is 10.7. The third-order valence-corrected chi connectivity index (χ3v) is 7.47. The molecule has 2 heterocycles. The van der Waals surface area contributed by atoms with Crippen molar-refractivity contribution in [3.05, 3.63) is 101 Å². The Morgan fingerprint density at radius 2 is 1.64 bits per heavy atom. The maximum Gasteiger partial charge on any atom is 0.407 e. The number of pyridine rings is 1. The summed E-state index contributed by atoms with van der Waals surface area (Å²) in [6.07, 6.45) is 1.79. The van der Waals surface area contributed by atoms with Crippen LogP contribution in [0.25, 0.3) is 0 Å². The Kier molecular flexibility index (Phi) is 12.2. The zero-order valence-corrected chi connectivity index (χ0v) is 24.1. The third-order valence-electron chi connectivity index (χ3n) is 7.47. The number of nitrogens with two attached hydrogens (primary N) is 1. The number of amides is 1. The normalized spacial score (nSPS) is 17.3. The predicted octanol–water partition coefficient (Wildman–Crippen LogP) is 4.15. The highest BCUT2D eigenvalue weighted by Crippen LogP contribution is 2.29. The van der Waals surface area contributed by atoms with E-state index < -0.39 is 54.1 Å². The molecule has 1 aliphatic rings. The number of ketones is 1. The van der Waals surface area contributed by atoms with Gasteiger partial charge in [-0.05, 0) is 65.8 Å². The number of nitrogens with zero attached hydrogens (tertiary/aromatic N) is 1. The maximum absolute atomic E-state index is 15.0. The number of aromatic nitrogens is 1. The number of benzene rings is 2. The lowest BCUT2D eigenvalue weighted by Crippen LogP contribution is -2.47. The fourth-order valence-electron chi connectivity index (χ4n) is 5.20. The Hall–Kier alpha value is -3.87. The van der Waals surface area contributed by atoms with Gasteiger partial charge in [0.15, 0.2) is 5.78 Å². The van der Waals surface area contributed by atoms with Crippen LogP contribution in [-0.2, 0) is 27.1 Å². The summed E-state index contributed by atoms with van der Waals surface area (Å²) in [5.41, 5.74) is 8.35. The largest absolute Gasteiger partial charge is 0.447 e. The summed E-state index contributed by atoms with van der Waals surface area (Å²) in [4.78, 5) is 29.2. The number of rotatable bonds is 14. The van der Waals surface area contributed by atoms with Crippen molar-refractivity contribution in [2.24, 2.45) is 5.73 Å². The van der Waals surface area contributed by atoms with Crippen LogP contribution < -0.4 is 16.4 Å². The molecule has 1 saturated heterocycles. The van der Waals surface area contributed by atoms with Crippen LogP contribution in [0.2, 0.25) is 0 Å². The smallest absolute Gasteiger partial charge is 0.407 e. The number of carbonyl (C=O) groups is 2. The number of Topliss-reactive ketones (excluding diaryl/α,β-unsaturated/α-hetero) is 1. The first-order chi connectivity index (χ1) is 21.2. The molecule has 236 valence electrons. The molecule has 1 aromatic heterocycles. The van der Waals surface area contributed by atoms with Gasteiger partial charge in [0.05, 0.1) is 25.0 Å². The summed E-state index contributed by atoms with van der Waals surface area (Å²) < 4.78 is 65.7. The van der Waals surface area contributed by atoms with E-state index in [-0.39, 0.29) is 38.5 Å². The molecule has 3 atom stereocenters. The SMILES string of the molecule is NC(C(=O)Cc1cncc(F)c1CC[C@@H]1CNC[C@@H](COC(=O)NCCCF)O1)C(c1ccc(F)cc1)c1ccc(F)cc1. The van der Waals surface area contributed by atoms with Gasteiger partial charge in [-0.2, -0.15) is 0 Å². The molecular weight excluding hydrogens is 580 g/mol. The fraction of sp³-hybridized carbons (Fsp3) is 0.406. The van der Waals surface area contributed by atoms with Gasteiger partial charge in [-0.3, -0.25) is 14.2 Å². The predicted molar refractivity (Wildman–Crippen MR) is 155 cm³/mol. The molecule has 0 spiro atoms. The number of hydrogen-bond donors (Lipinski definition) is 3. The molecule has 12 heteroatoms. The highest BCUT2D eigenvalue weighted by atomic mass is 19.1. The number of nitrogens with one attached hydrogen (secondary N) is 2. The number of halogens is 4. The van der Waals surface area contributed by atoms with E-state index in [0.29, 0.717) is 41.8 Å². The topological polar surface area (TPSA) is 116 Å². The summed E-state index contributed by atoms with van der Waals surface area (Å²) in [6, 6.07) is 10.1. The molecule has 1 fully saturated rings. The van der Waals surface area contributed by atoms with Crippen molar-refractivity contribution in [2.45, 2.75) is 49.9 Å². The van der Waals surface area contributed by atoms with Crippen LogP contribution in [0, 0.1) is 17.5 Å². The second kappa shape index (κ2) is 16.3. The van der Waals surface area contributed by atoms with Crippen molar-refractivity contribution in [3.63, 3.8) is 0 Å². The average molecular weight is 617 g/mol. The van der Waals surface area contributed by atoms with E-state index in [1.165, 1.54) is 54.7 Å². The van der Waals surface area contributed by atoms with E-state index in [0.717, 1.165) is 6.20 Å². The van der Waals surface area contributed by atoms with Crippen LogP contribution in [0.15, 0.2) is 60.9 Å². The molecule has 1 unspecified atom stereocenters. The molecule has 0 bridgehead atoms. The van der Waals surface area contributed by atoms with Crippen molar-refractivity contribution in [1.29, 1.82) is 0 Å². The molecule has 2 aromatic carbocycles. The van der Waals surface area contributed by atoms with Crippen molar-refractivity contribution >= 4 is 11.9 Å². The summed E-state index contributed by atoms with van der Waals surface area (Å²) in [5, 5.41) is 5.67. The zero-order valence-electron chi connectivity index (χ0n) is 24.1. The highest BCUT2D eigenvalue weighted by Gasteiger charge is 2.29. The van der Waals surface area contributed by atoms with Crippen LogP contribution in [0.4, 0.5) is 22.4 Å². The Labute approximate surface area is 253 Å². The van der Waals surface area contributed by atoms with Gasteiger partial charge >= 0.3 is 6.09 Å². The lowest BCUT2D eigenvalue weighted by Gasteiger charge is -2.31. The molecule has 44 heavy (non-hydrogen) atoms. The van der Waals surface area contributed by atoms with Gasteiger partial charge in [-0.1, -0.05) is 24.3 Å². The molecule has 1 aliphatic heterocycles. The summed E-state index contributed by atoms with van der Waals surface area (Å²) >= 11 is 0. The van der Waals surface area contributed by atoms with E-state index >= 15 is 4.39 Å². The molecule has 8 nitrogen and oxygen atoms in total. The Morgan fingerprint density at radius 3 is 2.27 bits per heavy atom. The maximum atomic E-state index is 15.0. The molecule has 1 amide bonds. The lowest BCUT2D eigenvalue weighted by atomic mass is 9.82. The van der Waals surface area contributed by atoms with E-state index in [1.807, 2.05) is 0 Å². The Bertz CT molecular complexity index is 1330. The summed E-state index contributed by atoms with van der Waals surface area (Å²) in [7, 11) is 0. The van der Waals surface area contributed by atoms with Crippen molar-refractivity contribution < 1.29 is 36.6 Å². The van der Waals surface area contributed by atoms with Crippen LogP contribution in [0.1, 0.15) is 41.0 Å². The zero-order chi connectivity index (χ0) is 31.5. The third kappa shape index (κ3) is 9.31.